The number of benzene rings is 2. The highest BCUT2D eigenvalue weighted by Crippen LogP contribution is 2.30. The Bertz CT molecular complexity index is 766. The van der Waals surface area contributed by atoms with E-state index in [1.165, 1.54) is 14.0 Å². The number of nitrogens with one attached hydrogen (secondary N) is 1. The average Bonchev–Trinajstić information content (AvgIpc) is 2.67. The zero-order chi connectivity index (χ0) is 19.6. The van der Waals surface area contributed by atoms with Crippen molar-refractivity contribution < 1.29 is 23.8 Å². The van der Waals surface area contributed by atoms with Gasteiger partial charge in [0.05, 0.1) is 11.6 Å². The smallest absolute Gasteiger partial charge is 0.344 e. The lowest BCUT2D eigenvalue weighted by atomic mass is 10.1. The first-order valence-electron chi connectivity index (χ1n) is 8.45. The van der Waals surface area contributed by atoms with Crippen molar-refractivity contribution in [2.24, 2.45) is 0 Å². The Hall–Kier alpha value is -2.57. The predicted octanol–water partition coefficient (Wildman–Crippen LogP) is 3.08. The number of methoxy groups -OCH3 is 1. The van der Waals surface area contributed by atoms with Gasteiger partial charge in [-0.15, -0.1) is 0 Å². The molecule has 0 saturated carbocycles. The number of halogens is 1. The third-order valence-electron chi connectivity index (χ3n) is 3.67. The van der Waals surface area contributed by atoms with Crippen LogP contribution in [0.15, 0.2) is 48.5 Å². The minimum Gasteiger partial charge on any atom is -0.480 e. The topological polar surface area (TPSA) is 73.9 Å². The van der Waals surface area contributed by atoms with Gasteiger partial charge >= 0.3 is 5.97 Å². The summed E-state index contributed by atoms with van der Waals surface area (Å²) in [5, 5.41) is 2.97. The standard InChI is InChI=1S/C20H22ClNO5/c1-14(20(24)22-10-11-25-2)27-19(23)13-26-18-9-8-16(12-17(18)21)15-6-4-3-5-7-15/h3-9,12,14H,10-11,13H2,1-2H3,(H,22,24)/t14-/m0/s1. The summed E-state index contributed by atoms with van der Waals surface area (Å²) >= 11 is 6.24. The van der Waals surface area contributed by atoms with E-state index in [0.717, 1.165) is 11.1 Å². The van der Waals surface area contributed by atoms with Crippen molar-refractivity contribution in [3.8, 4) is 16.9 Å². The summed E-state index contributed by atoms with van der Waals surface area (Å²) in [6.45, 7) is 1.87. The van der Waals surface area contributed by atoms with E-state index in [4.69, 9.17) is 25.8 Å². The second kappa shape index (κ2) is 10.5. The van der Waals surface area contributed by atoms with Crippen molar-refractivity contribution in [1.82, 2.24) is 5.32 Å². The number of carbonyl (C=O) groups is 2. The average molecular weight is 392 g/mol. The molecule has 1 atom stereocenters. The van der Waals surface area contributed by atoms with Crippen LogP contribution in [0.25, 0.3) is 11.1 Å². The zero-order valence-corrected chi connectivity index (χ0v) is 16.0. The van der Waals surface area contributed by atoms with E-state index in [-0.39, 0.29) is 6.61 Å². The molecule has 0 aliphatic rings. The lowest BCUT2D eigenvalue weighted by molar-refractivity contribution is -0.156. The Morgan fingerprint density at radius 2 is 1.85 bits per heavy atom. The molecule has 0 spiro atoms. The molecule has 0 aliphatic carbocycles. The summed E-state index contributed by atoms with van der Waals surface area (Å²) < 4.78 is 15.3. The minimum atomic E-state index is -0.922. The second-order valence-electron chi connectivity index (χ2n) is 5.72. The van der Waals surface area contributed by atoms with E-state index in [2.05, 4.69) is 5.32 Å². The first kappa shape index (κ1) is 20.7. The van der Waals surface area contributed by atoms with Crippen LogP contribution in [-0.4, -0.2) is 44.8 Å². The van der Waals surface area contributed by atoms with Crippen molar-refractivity contribution in [3.63, 3.8) is 0 Å². The van der Waals surface area contributed by atoms with E-state index in [1.807, 2.05) is 36.4 Å². The Morgan fingerprint density at radius 1 is 1.11 bits per heavy atom. The van der Waals surface area contributed by atoms with Crippen molar-refractivity contribution in [2.45, 2.75) is 13.0 Å². The van der Waals surface area contributed by atoms with Crippen molar-refractivity contribution >= 4 is 23.5 Å². The molecule has 0 unspecified atom stereocenters. The maximum absolute atomic E-state index is 11.9. The maximum Gasteiger partial charge on any atom is 0.344 e. The van der Waals surface area contributed by atoms with Crippen LogP contribution in [0.5, 0.6) is 5.75 Å². The monoisotopic (exact) mass is 391 g/mol. The van der Waals surface area contributed by atoms with Gasteiger partial charge in [0.1, 0.15) is 5.75 Å². The van der Waals surface area contributed by atoms with Crippen molar-refractivity contribution in [2.75, 3.05) is 26.9 Å². The van der Waals surface area contributed by atoms with Gasteiger partial charge in [-0.25, -0.2) is 4.79 Å². The summed E-state index contributed by atoms with van der Waals surface area (Å²) in [6, 6.07) is 15.1. The van der Waals surface area contributed by atoms with Crippen molar-refractivity contribution in [3.05, 3.63) is 53.6 Å². The summed E-state index contributed by atoms with van der Waals surface area (Å²) in [4.78, 5) is 23.6. The molecule has 0 heterocycles. The fourth-order valence-corrected chi connectivity index (χ4v) is 2.50. The van der Waals surface area contributed by atoms with Gasteiger partial charge < -0.3 is 19.5 Å². The highest BCUT2D eigenvalue weighted by molar-refractivity contribution is 6.32. The van der Waals surface area contributed by atoms with E-state index in [0.29, 0.717) is 23.9 Å². The molecule has 0 fully saturated rings. The molecule has 27 heavy (non-hydrogen) atoms. The summed E-state index contributed by atoms with van der Waals surface area (Å²) in [5.41, 5.74) is 1.97. The fraction of sp³-hybridized carbons (Fsp3) is 0.300. The number of hydrogen-bond donors (Lipinski definition) is 1. The van der Waals surface area contributed by atoms with Crippen LogP contribution in [0.3, 0.4) is 0 Å². The van der Waals surface area contributed by atoms with Gasteiger partial charge in [-0.2, -0.15) is 0 Å². The SMILES string of the molecule is COCCNC(=O)[C@H](C)OC(=O)COc1ccc(-c2ccccc2)cc1Cl. The van der Waals surface area contributed by atoms with Gasteiger partial charge in [-0.05, 0) is 30.2 Å². The highest BCUT2D eigenvalue weighted by atomic mass is 35.5. The molecule has 6 nitrogen and oxygen atoms in total. The molecule has 144 valence electrons. The molecular weight excluding hydrogens is 370 g/mol. The highest BCUT2D eigenvalue weighted by Gasteiger charge is 2.18. The van der Waals surface area contributed by atoms with Crippen LogP contribution in [-0.2, 0) is 19.1 Å². The van der Waals surface area contributed by atoms with E-state index < -0.39 is 18.0 Å². The Labute approximate surface area is 163 Å². The third kappa shape index (κ3) is 6.58. The van der Waals surface area contributed by atoms with Gasteiger partial charge in [0.25, 0.3) is 5.91 Å². The predicted molar refractivity (Wildman–Crippen MR) is 103 cm³/mol. The Morgan fingerprint density at radius 3 is 2.52 bits per heavy atom. The first-order chi connectivity index (χ1) is 13.0. The lowest BCUT2D eigenvalue weighted by Crippen LogP contribution is -2.38. The number of amides is 1. The summed E-state index contributed by atoms with van der Waals surface area (Å²) in [6.07, 6.45) is -0.922. The van der Waals surface area contributed by atoms with Crippen LogP contribution in [0.4, 0.5) is 0 Å². The molecular formula is C20H22ClNO5. The van der Waals surface area contributed by atoms with E-state index >= 15 is 0 Å². The molecule has 2 aromatic rings. The number of ether oxygens (including phenoxy) is 3. The van der Waals surface area contributed by atoms with Crippen molar-refractivity contribution in [1.29, 1.82) is 0 Å². The van der Waals surface area contributed by atoms with Gasteiger partial charge in [-0.1, -0.05) is 48.0 Å². The van der Waals surface area contributed by atoms with E-state index in [1.54, 1.807) is 12.1 Å². The van der Waals surface area contributed by atoms with E-state index in [9.17, 15) is 9.59 Å². The first-order valence-corrected chi connectivity index (χ1v) is 8.83. The van der Waals surface area contributed by atoms with Gasteiger partial charge in [0.15, 0.2) is 12.7 Å². The zero-order valence-electron chi connectivity index (χ0n) is 15.2. The lowest BCUT2D eigenvalue weighted by Gasteiger charge is -2.14. The third-order valence-corrected chi connectivity index (χ3v) is 3.96. The number of carbonyl (C=O) groups excluding carboxylic acids is 2. The van der Waals surface area contributed by atoms with Gasteiger partial charge in [0, 0.05) is 13.7 Å². The second-order valence-corrected chi connectivity index (χ2v) is 6.12. The number of hydrogen-bond acceptors (Lipinski definition) is 5. The van der Waals surface area contributed by atoms with Crippen LogP contribution in [0, 0.1) is 0 Å². The molecule has 2 rings (SSSR count). The molecule has 0 aliphatic heterocycles. The molecule has 0 radical (unpaired) electrons. The molecule has 1 N–H and O–H groups in total. The molecule has 0 bridgehead atoms. The molecule has 1 amide bonds. The van der Waals surface area contributed by atoms with Crippen LogP contribution >= 0.6 is 11.6 Å². The quantitative estimate of drug-likeness (QED) is 0.525. The molecule has 0 aromatic heterocycles. The molecule has 7 heteroatoms. The van der Waals surface area contributed by atoms with Gasteiger partial charge in [0.2, 0.25) is 0 Å². The largest absolute Gasteiger partial charge is 0.480 e. The van der Waals surface area contributed by atoms with Crippen LogP contribution in [0.2, 0.25) is 5.02 Å². The number of esters is 1. The fourth-order valence-electron chi connectivity index (χ4n) is 2.27. The minimum absolute atomic E-state index is 0.344. The summed E-state index contributed by atoms with van der Waals surface area (Å²) in [5.74, 6) is -0.691. The number of rotatable bonds is 9. The Balaban J connectivity index is 1.85. The Kier molecular flexibility index (Phi) is 8.10. The maximum atomic E-state index is 11.9. The normalized spacial score (nSPS) is 11.5. The molecule has 0 saturated heterocycles. The molecule has 2 aromatic carbocycles. The summed E-state index contributed by atoms with van der Waals surface area (Å²) in [7, 11) is 1.53. The van der Waals surface area contributed by atoms with Gasteiger partial charge in [-0.3, -0.25) is 4.79 Å². The van der Waals surface area contributed by atoms with Crippen LogP contribution < -0.4 is 10.1 Å². The van der Waals surface area contributed by atoms with Crippen LogP contribution in [0.1, 0.15) is 6.92 Å².